The van der Waals surface area contributed by atoms with Crippen molar-refractivity contribution in [2.75, 3.05) is 18.0 Å². The van der Waals surface area contributed by atoms with Gasteiger partial charge in [0.15, 0.2) is 0 Å². The minimum atomic E-state index is 0.490. The molecule has 1 atom stereocenters. The van der Waals surface area contributed by atoms with Gasteiger partial charge in [-0.05, 0) is 50.3 Å². The van der Waals surface area contributed by atoms with E-state index in [2.05, 4.69) is 55.3 Å². The van der Waals surface area contributed by atoms with Gasteiger partial charge in [0.25, 0.3) is 0 Å². The molecule has 1 unspecified atom stereocenters. The molecule has 0 heterocycles. The van der Waals surface area contributed by atoms with Crippen molar-refractivity contribution in [1.29, 1.82) is 0 Å². The van der Waals surface area contributed by atoms with Crippen LogP contribution in [-0.4, -0.2) is 19.1 Å². The Bertz CT molecular complexity index is 412. The van der Waals surface area contributed by atoms with Crippen molar-refractivity contribution in [3.05, 3.63) is 29.8 Å². The summed E-state index contributed by atoms with van der Waals surface area (Å²) in [5, 5.41) is 3.72. The first-order valence-electron chi connectivity index (χ1n) is 8.90. The van der Waals surface area contributed by atoms with Gasteiger partial charge < -0.3 is 10.2 Å². The zero-order valence-corrected chi connectivity index (χ0v) is 14.1. The molecule has 0 amide bonds. The van der Waals surface area contributed by atoms with Crippen LogP contribution in [0.25, 0.3) is 0 Å². The summed E-state index contributed by atoms with van der Waals surface area (Å²) in [5.74, 6) is 0. The van der Waals surface area contributed by atoms with E-state index < -0.39 is 0 Å². The number of para-hydroxylation sites is 1. The second-order valence-electron chi connectivity index (χ2n) is 6.25. The topological polar surface area (TPSA) is 15.3 Å². The fourth-order valence-electron chi connectivity index (χ4n) is 3.05. The van der Waals surface area contributed by atoms with Gasteiger partial charge in [0, 0.05) is 24.3 Å². The first-order chi connectivity index (χ1) is 10.3. The van der Waals surface area contributed by atoms with Gasteiger partial charge in [-0.2, -0.15) is 0 Å². The van der Waals surface area contributed by atoms with E-state index >= 15 is 0 Å². The van der Waals surface area contributed by atoms with Crippen LogP contribution in [0.1, 0.15) is 70.9 Å². The van der Waals surface area contributed by atoms with Gasteiger partial charge in [0.05, 0.1) is 0 Å². The minimum Gasteiger partial charge on any atom is -0.368 e. The Hall–Kier alpha value is -1.02. The Kier molecular flexibility index (Phi) is 6.56. The smallest absolute Gasteiger partial charge is 0.0417 e. The largest absolute Gasteiger partial charge is 0.368 e. The van der Waals surface area contributed by atoms with Gasteiger partial charge in [-0.3, -0.25) is 0 Å². The van der Waals surface area contributed by atoms with Gasteiger partial charge >= 0.3 is 0 Å². The summed E-state index contributed by atoms with van der Waals surface area (Å²) in [7, 11) is 0. The number of hydrogen-bond donors (Lipinski definition) is 1. The Morgan fingerprint density at radius 1 is 1.14 bits per heavy atom. The van der Waals surface area contributed by atoms with E-state index in [0.29, 0.717) is 6.04 Å². The van der Waals surface area contributed by atoms with Crippen LogP contribution in [-0.2, 0) is 0 Å². The van der Waals surface area contributed by atoms with Crippen molar-refractivity contribution in [3.63, 3.8) is 0 Å². The number of nitrogens with one attached hydrogen (secondary N) is 1. The van der Waals surface area contributed by atoms with Gasteiger partial charge in [0.2, 0.25) is 0 Å². The van der Waals surface area contributed by atoms with Gasteiger partial charge in [-0.1, -0.05) is 45.4 Å². The average Bonchev–Trinajstić information content (AvgIpc) is 3.34. The van der Waals surface area contributed by atoms with Crippen LogP contribution < -0.4 is 10.2 Å². The minimum absolute atomic E-state index is 0.490. The van der Waals surface area contributed by atoms with Crippen LogP contribution in [0.15, 0.2) is 24.3 Å². The molecule has 1 saturated carbocycles. The third-order valence-electron chi connectivity index (χ3n) is 4.41. The Morgan fingerprint density at radius 2 is 1.90 bits per heavy atom. The molecule has 21 heavy (non-hydrogen) atoms. The molecule has 0 aromatic heterocycles. The van der Waals surface area contributed by atoms with E-state index in [9.17, 15) is 0 Å². The summed E-state index contributed by atoms with van der Waals surface area (Å²) < 4.78 is 0. The first-order valence-corrected chi connectivity index (χ1v) is 8.90. The lowest BCUT2D eigenvalue weighted by molar-refractivity contribution is 0.517. The predicted octanol–water partition coefficient (Wildman–Crippen LogP) is 4.91. The Balaban J connectivity index is 2.20. The van der Waals surface area contributed by atoms with Gasteiger partial charge in [-0.15, -0.1) is 0 Å². The number of nitrogens with zero attached hydrogens (tertiary/aromatic N) is 1. The summed E-state index contributed by atoms with van der Waals surface area (Å²) >= 11 is 0. The fraction of sp³-hybridized carbons (Fsp3) is 0.684. The highest BCUT2D eigenvalue weighted by Crippen LogP contribution is 2.36. The molecule has 0 radical (unpaired) electrons. The highest BCUT2D eigenvalue weighted by atomic mass is 15.2. The van der Waals surface area contributed by atoms with Crippen LogP contribution in [0, 0.1) is 0 Å². The lowest BCUT2D eigenvalue weighted by atomic mass is 10.0. The quantitative estimate of drug-likeness (QED) is 0.658. The third kappa shape index (κ3) is 4.47. The van der Waals surface area contributed by atoms with E-state index in [-0.39, 0.29) is 0 Å². The van der Waals surface area contributed by atoms with E-state index in [1.165, 1.54) is 49.9 Å². The molecule has 1 aliphatic rings. The second kappa shape index (κ2) is 8.43. The van der Waals surface area contributed by atoms with Crippen molar-refractivity contribution in [2.24, 2.45) is 0 Å². The van der Waals surface area contributed by atoms with Crippen molar-refractivity contribution >= 4 is 5.69 Å². The van der Waals surface area contributed by atoms with E-state index in [4.69, 9.17) is 0 Å². The fourth-order valence-corrected chi connectivity index (χ4v) is 3.05. The van der Waals surface area contributed by atoms with Crippen molar-refractivity contribution < 1.29 is 0 Å². The van der Waals surface area contributed by atoms with Crippen LogP contribution in [0.3, 0.4) is 0 Å². The Labute approximate surface area is 130 Å². The van der Waals surface area contributed by atoms with Gasteiger partial charge in [0.1, 0.15) is 0 Å². The van der Waals surface area contributed by atoms with Crippen LogP contribution in [0.4, 0.5) is 5.69 Å². The predicted molar refractivity (Wildman–Crippen MR) is 93.0 cm³/mol. The molecule has 1 fully saturated rings. The highest BCUT2D eigenvalue weighted by Gasteiger charge is 2.30. The van der Waals surface area contributed by atoms with Crippen molar-refractivity contribution in [2.45, 2.75) is 71.4 Å². The zero-order valence-electron chi connectivity index (χ0n) is 14.1. The van der Waals surface area contributed by atoms with Crippen molar-refractivity contribution in [3.8, 4) is 0 Å². The van der Waals surface area contributed by atoms with E-state index in [1.807, 2.05) is 0 Å². The average molecular weight is 288 g/mol. The van der Waals surface area contributed by atoms with Gasteiger partial charge in [-0.25, -0.2) is 0 Å². The molecule has 1 aromatic carbocycles. The first kappa shape index (κ1) is 16.4. The molecular weight excluding hydrogens is 256 g/mol. The summed E-state index contributed by atoms with van der Waals surface area (Å²) in [6.07, 6.45) is 7.67. The number of unbranched alkanes of at least 4 members (excludes halogenated alkanes) is 1. The normalized spacial score (nSPS) is 16.0. The maximum atomic E-state index is 3.72. The number of rotatable bonds is 10. The van der Waals surface area contributed by atoms with Crippen LogP contribution in [0.2, 0.25) is 0 Å². The second-order valence-corrected chi connectivity index (χ2v) is 6.25. The molecule has 2 nitrogen and oxygen atoms in total. The van der Waals surface area contributed by atoms with Crippen LogP contribution >= 0.6 is 0 Å². The Morgan fingerprint density at radius 3 is 2.52 bits per heavy atom. The molecule has 1 aliphatic carbocycles. The maximum Gasteiger partial charge on any atom is 0.0417 e. The lowest BCUT2D eigenvalue weighted by Gasteiger charge is -2.30. The van der Waals surface area contributed by atoms with E-state index in [0.717, 1.165) is 19.0 Å². The molecule has 2 rings (SSSR count). The third-order valence-corrected chi connectivity index (χ3v) is 4.41. The van der Waals surface area contributed by atoms with E-state index in [1.54, 1.807) is 0 Å². The molecule has 1 aromatic rings. The molecule has 0 spiro atoms. The number of anilines is 1. The van der Waals surface area contributed by atoms with Crippen molar-refractivity contribution in [1.82, 2.24) is 5.32 Å². The number of hydrogen-bond acceptors (Lipinski definition) is 2. The summed E-state index contributed by atoms with van der Waals surface area (Å²) in [6.45, 7) is 9.13. The highest BCUT2D eigenvalue weighted by molar-refractivity contribution is 5.56. The molecule has 0 saturated heterocycles. The monoisotopic (exact) mass is 288 g/mol. The maximum absolute atomic E-state index is 3.72. The standard InChI is InChI=1S/C19H32N2/c1-4-7-15-21(16-12-13-16)19-11-9-8-10-17(19)18(6-3)20-14-5-2/h8-11,16,18,20H,4-7,12-15H2,1-3H3. The summed E-state index contributed by atoms with van der Waals surface area (Å²) in [4.78, 5) is 2.68. The number of benzene rings is 1. The molecule has 0 aliphatic heterocycles. The lowest BCUT2D eigenvalue weighted by Crippen LogP contribution is -2.30. The van der Waals surface area contributed by atoms with Crippen LogP contribution in [0.5, 0.6) is 0 Å². The summed E-state index contributed by atoms with van der Waals surface area (Å²) in [6, 6.07) is 10.3. The molecule has 2 heteroatoms. The molecule has 118 valence electrons. The molecule has 0 bridgehead atoms. The SMILES string of the molecule is CCCCN(c1ccccc1C(CC)NCCC)C1CC1. The zero-order chi connectivity index (χ0) is 15.1. The molecular formula is C19H32N2. The summed E-state index contributed by atoms with van der Waals surface area (Å²) in [5.41, 5.74) is 2.97. The molecule has 1 N–H and O–H groups in total.